The molecule has 2 fully saturated rings. The zero-order chi connectivity index (χ0) is 20.2. The Morgan fingerprint density at radius 3 is 2.63 bits per heavy atom. The standard InChI is InChI=1S/C24H28N4OS/c1-3-20(26-24-17-22(9-10-25-24)27-12-14-29-15-13-27)18-28(11-1)21-7-5-19(6-8-21)23-4-2-16-30-23/h2,4-10,16-17,20H,1,3,11-15,18H2,(H,25,26)/t20-/m1/s1. The maximum Gasteiger partial charge on any atom is 0.128 e. The molecule has 5 rings (SSSR count). The first kappa shape index (κ1) is 19.4. The smallest absolute Gasteiger partial charge is 0.128 e. The number of hydrogen-bond donors (Lipinski definition) is 1. The van der Waals surface area contributed by atoms with Crippen LogP contribution in [-0.2, 0) is 4.74 Å². The van der Waals surface area contributed by atoms with Crippen molar-refractivity contribution in [1.82, 2.24) is 4.98 Å². The number of ether oxygens (including phenoxy) is 1. The van der Waals surface area contributed by atoms with Gasteiger partial charge in [0.1, 0.15) is 5.82 Å². The van der Waals surface area contributed by atoms with Crippen molar-refractivity contribution in [3.8, 4) is 10.4 Å². The van der Waals surface area contributed by atoms with E-state index in [9.17, 15) is 0 Å². The molecule has 5 nitrogen and oxygen atoms in total. The van der Waals surface area contributed by atoms with Crippen LogP contribution in [0.4, 0.5) is 17.2 Å². The molecule has 1 atom stereocenters. The van der Waals surface area contributed by atoms with Crippen LogP contribution in [0.2, 0.25) is 0 Å². The van der Waals surface area contributed by atoms with Crippen LogP contribution in [-0.4, -0.2) is 50.4 Å². The molecule has 2 aromatic heterocycles. The van der Waals surface area contributed by atoms with Crippen LogP contribution in [0, 0.1) is 0 Å². The molecule has 0 spiro atoms. The fourth-order valence-corrected chi connectivity index (χ4v) is 5.07. The van der Waals surface area contributed by atoms with Gasteiger partial charge >= 0.3 is 0 Å². The molecule has 0 unspecified atom stereocenters. The highest BCUT2D eigenvalue weighted by Crippen LogP contribution is 2.28. The molecule has 2 saturated heterocycles. The topological polar surface area (TPSA) is 40.6 Å². The molecule has 0 aliphatic carbocycles. The van der Waals surface area contributed by atoms with E-state index in [2.05, 4.69) is 74.0 Å². The van der Waals surface area contributed by atoms with Crippen LogP contribution in [0.25, 0.3) is 10.4 Å². The lowest BCUT2D eigenvalue weighted by Gasteiger charge is -2.35. The first-order chi connectivity index (χ1) is 14.8. The number of anilines is 3. The van der Waals surface area contributed by atoms with Crippen molar-refractivity contribution in [3.05, 3.63) is 60.1 Å². The zero-order valence-corrected chi connectivity index (χ0v) is 18.0. The molecule has 0 bridgehead atoms. The summed E-state index contributed by atoms with van der Waals surface area (Å²) in [5.41, 5.74) is 3.83. The summed E-state index contributed by atoms with van der Waals surface area (Å²) in [6.07, 6.45) is 4.28. The molecule has 1 aromatic carbocycles. The number of thiophene rings is 1. The number of pyridine rings is 1. The first-order valence-corrected chi connectivity index (χ1v) is 11.7. The summed E-state index contributed by atoms with van der Waals surface area (Å²) in [5.74, 6) is 0.971. The molecule has 0 saturated carbocycles. The first-order valence-electron chi connectivity index (χ1n) is 10.8. The average molecular weight is 421 g/mol. The summed E-state index contributed by atoms with van der Waals surface area (Å²) in [7, 11) is 0. The molecular formula is C24H28N4OS. The van der Waals surface area contributed by atoms with Crippen LogP contribution >= 0.6 is 11.3 Å². The SMILES string of the molecule is c1csc(-c2ccc(N3CCC[C@@H](Nc4cc(N5CCOCC5)ccn4)C3)cc2)c1. The highest BCUT2D eigenvalue weighted by molar-refractivity contribution is 7.13. The Labute approximate surface area is 182 Å². The van der Waals surface area contributed by atoms with E-state index in [-0.39, 0.29) is 0 Å². The van der Waals surface area contributed by atoms with Gasteiger partial charge in [0, 0.05) is 60.7 Å². The van der Waals surface area contributed by atoms with Crippen molar-refractivity contribution in [3.63, 3.8) is 0 Å². The van der Waals surface area contributed by atoms with Crippen LogP contribution in [0.5, 0.6) is 0 Å². The van der Waals surface area contributed by atoms with E-state index in [1.165, 1.54) is 34.7 Å². The van der Waals surface area contributed by atoms with Crippen molar-refractivity contribution >= 4 is 28.5 Å². The number of rotatable bonds is 5. The van der Waals surface area contributed by atoms with Gasteiger partial charge in [-0.05, 0) is 48.1 Å². The number of benzene rings is 1. The minimum atomic E-state index is 0.406. The molecule has 2 aliphatic heterocycles. The molecular weight excluding hydrogens is 392 g/mol. The van der Waals surface area contributed by atoms with Crippen LogP contribution in [0.15, 0.2) is 60.1 Å². The summed E-state index contributed by atoms with van der Waals surface area (Å²) >= 11 is 1.79. The highest BCUT2D eigenvalue weighted by atomic mass is 32.1. The largest absolute Gasteiger partial charge is 0.378 e. The van der Waals surface area contributed by atoms with Crippen LogP contribution in [0.3, 0.4) is 0 Å². The number of piperidine rings is 1. The number of hydrogen-bond acceptors (Lipinski definition) is 6. The Bertz CT molecular complexity index is 938. The molecule has 30 heavy (non-hydrogen) atoms. The summed E-state index contributed by atoms with van der Waals surface area (Å²) in [6.45, 7) is 5.60. The second-order valence-corrected chi connectivity index (χ2v) is 8.90. The van der Waals surface area contributed by atoms with Gasteiger partial charge in [-0.2, -0.15) is 0 Å². The number of nitrogens with one attached hydrogen (secondary N) is 1. The summed E-state index contributed by atoms with van der Waals surface area (Å²) in [4.78, 5) is 10.8. The third kappa shape index (κ3) is 4.45. The molecule has 4 heterocycles. The summed E-state index contributed by atoms with van der Waals surface area (Å²) in [6, 6.07) is 18.0. The van der Waals surface area contributed by atoms with Crippen LogP contribution < -0.4 is 15.1 Å². The third-order valence-corrected chi connectivity index (χ3v) is 6.85. The van der Waals surface area contributed by atoms with E-state index >= 15 is 0 Å². The summed E-state index contributed by atoms with van der Waals surface area (Å²) in [5, 5.41) is 5.82. The minimum Gasteiger partial charge on any atom is -0.378 e. The molecule has 156 valence electrons. The van der Waals surface area contributed by atoms with E-state index in [4.69, 9.17) is 4.74 Å². The van der Waals surface area contributed by atoms with E-state index in [1.54, 1.807) is 11.3 Å². The second kappa shape index (κ2) is 9.06. The van der Waals surface area contributed by atoms with Crippen molar-refractivity contribution in [2.45, 2.75) is 18.9 Å². The van der Waals surface area contributed by atoms with Crippen molar-refractivity contribution in [1.29, 1.82) is 0 Å². The van der Waals surface area contributed by atoms with Gasteiger partial charge in [-0.25, -0.2) is 4.98 Å². The summed E-state index contributed by atoms with van der Waals surface area (Å²) < 4.78 is 5.48. The average Bonchev–Trinajstić information content (AvgIpc) is 3.35. The van der Waals surface area contributed by atoms with E-state index < -0.39 is 0 Å². The van der Waals surface area contributed by atoms with Gasteiger partial charge in [0.25, 0.3) is 0 Å². The highest BCUT2D eigenvalue weighted by Gasteiger charge is 2.21. The minimum absolute atomic E-state index is 0.406. The van der Waals surface area contributed by atoms with Gasteiger partial charge in [-0.3, -0.25) is 0 Å². The fourth-order valence-electron chi connectivity index (χ4n) is 4.33. The Morgan fingerprint density at radius 2 is 1.83 bits per heavy atom. The molecule has 2 aliphatic rings. The van der Waals surface area contributed by atoms with E-state index in [1.807, 2.05) is 6.20 Å². The molecule has 6 heteroatoms. The Hall–Kier alpha value is -2.57. The van der Waals surface area contributed by atoms with Gasteiger partial charge in [0.05, 0.1) is 13.2 Å². The van der Waals surface area contributed by atoms with Gasteiger partial charge < -0.3 is 19.9 Å². The van der Waals surface area contributed by atoms with Gasteiger partial charge in [-0.15, -0.1) is 11.3 Å². The number of aromatic nitrogens is 1. The predicted molar refractivity (Wildman–Crippen MR) is 126 cm³/mol. The second-order valence-electron chi connectivity index (χ2n) is 7.95. The molecule has 0 amide bonds. The Kier molecular flexibility index (Phi) is 5.86. The monoisotopic (exact) mass is 420 g/mol. The zero-order valence-electron chi connectivity index (χ0n) is 17.2. The maximum atomic E-state index is 5.48. The lowest BCUT2D eigenvalue weighted by Crippen LogP contribution is -2.42. The number of morpholine rings is 1. The van der Waals surface area contributed by atoms with Crippen molar-refractivity contribution in [2.24, 2.45) is 0 Å². The lowest BCUT2D eigenvalue weighted by molar-refractivity contribution is 0.122. The van der Waals surface area contributed by atoms with Crippen LogP contribution in [0.1, 0.15) is 12.8 Å². The molecule has 1 N–H and O–H groups in total. The predicted octanol–water partition coefficient (Wildman–Crippen LogP) is 4.73. The van der Waals surface area contributed by atoms with E-state index in [0.717, 1.165) is 45.2 Å². The molecule has 0 radical (unpaired) electrons. The Morgan fingerprint density at radius 1 is 0.967 bits per heavy atom. The van der Waals surface area contributed by atoms with Crippen molar-refractivity contribution in [2.75, 3.05) is 54.5 Å². The number of nitrogens with zero attached hydrogens (tertiary/aromatic N) is 3. The van der Waals surface area contributed by atoms with Gasteiger partial charge in [0.2, 0.25) is 0 Å². The fraction of sp³-hybridized carbons (Fsp3) is 0.375. The van der Waals surface area contributed by atoms with E-state index in [0.29, 0.717) is 6.04 Å². The quantitative estimate of drug-likeness (QED) is 0.646. The normalized spacial score (nSPS) is 19.7. The van der Waals surface area contributed by atoms with Crippen molar-refractivity contribution < 1.29 is 4.74 Å². The lowest BCUT2D eigenvalue weighted by atomic mass is 10.0. The van der Waals surface area contributed by atoms with Gasteiger partial charge in [0.15, 0.2) is 0 Å². The Balaban J connectivity index is 1.23. The third-order valence-electron chi connectivity index (χ3n) is 5.93. The maximum absolute atomic E-state index is 5.48. The van der Waals surface area contributed by atoms with Gasteiger partial charge in [-0.1, -0.05) is 18.2 Å². The molecule has 3 aromatic rings.